The molecule has 1 fully saturated rings. The lowest BCUT2D eigenvalue weighted by Gasteiger charge is -2.20. The van der Waals surface area contributed by atoms with E-state index in [9.17, 15) is 0 Å². The Morgan fingerprint density at radius 1 is 1.28 bits per heavy atom. The molecular formula is C14H24N4. The third-order valence-corrected chi connectivity index (χ3v) is 4.84. The van der Waals surface area contributed by atoms with Gasteiger partial charge in [0, 0.05) is 19.0 Å². The van der Waals surface area contributed by atoms with Gasteiger partial charge in [0.05, 0.1) is 6.54 Å². The molecule has 1 aromatic rings. The fraction of sp³-hybridized carbons (Fsp3) is 0.857. The summed E-state index contributed by atoms with van der Waals surface area (Å²) < 4.78 is 2.34. The van der Waals surface area contributed by atoms with Crippen LogP contribution in [0.1, 0.15) is 57.6 Å². The number of rotatable bonds is 4. The van der Waals surface area contributed by atoms with Gasteiger partial charge in [0.15, 0.2) is 0 Å². The van der Waals surface area contributed by atoms with E-state index in [-0.39, 0.29) is 0 Å². The van der Waals surface area contributed by atoms with Gasteiger partial charge in [0.2, 0.25) is 0 Å². The van der Waals surface area contributed by atoms with E-state index in [1.54, 1.807) is 0 Å². The van der Waals surface area contributed by atoms with Crippen molar-refractivity contribution in [1.29, 1.82) is 0 Å². The summed E-state index contributed by atoms with van der Waals surface area (Å²) in [5, 5.41) is 12.3. The zero-order valence-corrected chi connectivity index (χ0v) is 11.6. The van der Waals surface area contributed by atoms with E-state index in [2.05, 4.69) is 33.9 Å². The molecule has 1 N–H and O–H groups in total. The van der Waals surface area contributed by atoms with Crippen molar-refractivity contribution >= 4 is 0 Å². The Labute approximate surface area is 109 Å². The van der Waals surface area contributed by atoms with Crippen molar-refractivity contribution in [2.75, 3.05) is 0 Å². The average Bonchev–Trinajstić information content (AvgIpc) is 3.07. The van der Waals surface area contributed by atoms with Gasteiger partial charge in [-0.15, -0.1) is 10.2 Å². The van der Waals surface area contributed by atoms with Crippen molar-refractivity contribution in [2.45, 2.75) is 71.5 Å². The Morgan fingerprint density at radius 2 is 2.11 bits per heavy atom. The van der Waals surface area contributed by atoms with Crippen LogP contribution in [0.25, 0.3) is 0 Å². The molecule has 2 aliphatic rings. The molecule has 1 aliphatic carbocycles. The topological polar surface area (TPSA) is 42.7 Å². The molecule has 1 saturated carbocycles. The van der Waals surface area contributed by atoms with Gasteiger partial charge >= 0.3 is 0 Å². The summed E-state index contributed by atoms with van der Waals surface area (Å²) >= 11 is 0. The molecule has 2 heterocycles. The Balaban J connectivity index is 1.64. The number of fused-ring (bicyclic) bond motifs is 1. The summed E-state index contributed by atoms with van der Waals surface area (Å²) in [6, 6.07) is 0.580. The maximum absolute atomic E-state index is 4.36. The minimum atomic E-state index is 0.529. The molecule has 0 amide bonds. The summed E-state index contributed by atoms with van der Waals surface area (Å²) in [6.45, 7) is 6.64. The van der Waals surface area contributed by atoms with Crippen molar-refractivity contribution in [3.63, 3.8) is 0 Å². The van der Waals surface area contributed by atoms with Gasteiger partial charge in [-0.3, -0.25) is 0 Å². The quantitative estimate of drug-likeness (QED) is 0.889. The molecular weight excluding hydrogens is 224 g/mol. The van der Waals surface area contributed by atoms with Crippen molar-refractivity contribution in [1.82, 2.24) is 20.1 Å². The lowest BCUT2D eigenvalue weighted by molar-refractivity contribution is 0.372. The summed E-state index contributed by atoms with van der Waals surface area (Å²) in [5.74, 6) is 2.32. The molecule has 4 nitrogen and oxygen atoms in total. The van der Waals surface area contributed by atoms with Crippen LogP contribution in [0.4, 0.5) is 0 Å². The van der Waals surface area contributed by atoms with Gasteiger partial charge in [0.25, 0.3) is 0 Å². The van der Waals surface area contributed by atoms with Crippen molar-refractivity contribution in [3.8, 4) is 0 Å². The first-order chi connectivity index (χ1) is 8.69. The molecule has 0 bridgehead atoms. The molecule has 100 valence electrons. The molecule has 0 unspecified atom stereocenters. The van der Waals surface area contributed by atoms with E-state index < -0.39 is 0 Å². The van der Waals surface area contributed by atoms with Crippen LogP contribution in [0.2, 0.25) is 0 Å². The van der Waals surface area contributed by atoms with Crippen LogP contribution in [0, 0.1) is 5.41 Å². The number of nitrogens with one attached hydrogen (secondary N) is 1. The molecule has 0 aromatic carbocycles. The van der Waals surface area contributed by atoms with E-state index in [4.69, 9.17) is 0 Å². The Morgan fingerprint density at radius 3 is 2.89 bits per heavy atom. The normalized spacial score (nSPS) is 23.2. The van der Waals surface area contributed by atoms with Crippen LogP contribution in [0.5, 0.6) is 0 Å². The lowest BCUT2D eigenvalue weighted by atomic mass is 10.0. The summed E-state index contributed by atoms with van der Waals surface area (Å²) in [5.41, 5.74) is 0.529. The standard InChI is InChI=1S/C14H24N4/c1-11(14(2)7-8-14)15-10-13-17-16-12-6-4-3-5-9-18(12)13/h11,15H,3-10H2,1-2H3/t11-/m1/s1. The van der Waals surface area contributed by atoms with Gasteiger partial charge in [-0.2, -0.15) is 0 Å². The Kier molecular flexibility index (Phi) is 3.14. The number of hydrogen-bond donors (Lipinski definition) is 1. The second-order valence-electron chi connectivity index (χ2n) is 6.25. The van der Waals surface area contributed by atoms with Crippen LogP contribution < -0.4 is 5.32 Å². The minimum Gasteiger partial charge on any atom is -0.314 e. The van der Waals surface area contributed by atoms with E-state index in [0.717, 1.165) is 25.3 Å². The summed E-state index contributed by atoms with van der Waals surface area (Å²) in [7, 11) is 0. The van der Waals surface area contributed by atoms with E-state index >= 15 is 0 Å². The first kappa shape index (κ1) is 12.2. The van der Waals surface area contributed by atoms with Crippen LogP contribution >= 0.6 is 0 Å². The molecule has 1 atom stereocenters. The van der Waals surface area contributed by atoms with Gasteiger partial charge in [-0.1, -0.05) is 13.3 Å². The van der Waals surface area contributed by atoms with E-state index in [1.165, 1.54) is 37.9 Å². The highest BCUT2D eigenvalue weighted by Crippen LogP contribution is 2.47. The van der Waals surface area contributed by atoms with E-state index in [0.29, 0.717) is 11.5 Å². The van der Waals surface area contributed by atoms with Crippen molar-refractivity contribution < 1.29 is 0 Å². The largest absolute Gasteiger partial charge is 0.314 e. The molecule has 0 spiro atoms. The van der Waals surface area contributed by atoms with Crippen molar-refractivity contribution in [3.05, 3.63) is 11.6 Å². The molecule has 4 heteroatoms. The maximum atomic E-state index is 4.36. The number of nitrogens with zero attached hydrogens (tertiary/aromatic N) is 3. The summed E-state index contributed by atoms with van der Waals surface area (Å²) in [4.78, 5) is 0. The van der Waals surface area contributed by atoms with Gasteiger partial charge in [-0.25, -0.2) is 0 Å². The fourth-order valence-corrected chi connectivity index (χ4v) is 2.80. The van der Waals surface area contributed by atoms with Crippen LogP contribution in [-0.4, -0.2) is 20.8 Å². The third-order valence-electron chi connectivity index (χ3n) is 4.84. The molecule has 0 saturated heterocycles. The first-order valence-corrected chi connectivity index (χ1v) is 7.33. The second kappa shape index (κ2) is 4.65. The lowest BCUT2D eigenvalue weighted by Crippen LogP contribution is -2.33. The predicted octanol–water partition coefficient (Wildman–Crippen LogP) is 2.28. The Hall–Kier alpha value is -0.900. The zero-order valence-electron chi connectivity index (χ0n) is 11.6. The summed E-state index contributed by atoms with van der Waals surface area (Å²) in [6.07, 6.45) is 7.68. The third kappa shape index (κ3) is 2.30. The molecule has 18 heavy (non-hydrogen) atoms. The highest BCUT2D eigenvalue weighted by Gasteiger charge is 2.42. The average molecular weight is 248 g/mol. The zero-order chi connectivity index (χ0) is 12.6. The first-order valence-electron chi connectivity index (χ1n) is 7.33. The van der Waals surface area contributed by atoms with Crippen LogP contribution in [-0.2, 0) is 19.5 Å². The molecule has 1 aliphatic heterocycles. The molecule has 0 radical (unpaired) electrons. The maximum Gasteiger partial charge on any atom is 0.147 e. The van der Waals surface area contributed by atoms with E-state index in [1.807, 2.05) is 0 Å². The Bertz CT molecular complexity index is 419. The van der Waals surface area contributed by atoms with Crippen LogP contribution in [0.15, 0.2) is 0 Å². The number of hydrogen-bond acceptors (Lipinski definition) is 3. The monoisotopic (exact) mass is 248 g/mol. The predicted molar refractivity (Wildman–Crippen MR) is 71.2 cm³/mol. The number of aryl methyl sites for hydroxylation is 1. The minimum absolute atomic E-state index is 0.529. The highest BCUT2D eigenvalue weighted by atomic mass is 15.3. The van der Waals surface area contributed by atoms with Crippen LogP contribution in [0.3, 0.4) is 0 Å². The number of aromatic nitrogens is 3. The van der Waals surface area contributed by atoms with Gasteiger partial charge in [-0.05, 0) is 38.0 Å². The fourth-order valence-electron chi connectivity index (χ4n) is 2.80. The van der Waals surface area contributed by atoms with Crippen molar-refractivity contribution in [2.24, 2.45) is 5.41 Å². The smallest absolute Gasteiger partial charge is 0.147 e. The van der Waals surface area contributed by atoms with Gasteiger partial charge < -0.3 is 9.88 Å². The molecule has 1 aromatic heterocycles. The SMILES string of the molecule is C[C@@H](NCc1nnc2n1CCCCC2)C1(C)CC1. The second-order valence-corrected chi connectivity index (χ2v) is 6.25. The molecule has 3 rings (SSSR count). The highest BCUT2D eigenvalue weighted by molar-refractivity contribution is 5.00. The van der Waals surface area contributed by atoms with Gasteiger partial charge in [0.1, 0.15) is 11.6 Å².